The van der Waals surface area contributed by atoms with Crippen LogP contribution < -0.4 is 0 Å². The molecule has 0 N–H and O–H groups in total. The first-order valence-electron chi connectivity index (χ1n) is 8.19. The quantitative estimate of drug-likeness (QED) is 0.657. The van der Waals surface area contributed by atoms with Crippen LogP contribution in [0.2, 0.25) is 0 Å². The lowest BCUT2D eigenvalue weighted by molar-refractivity contribution is -0.0533. The third-order valence-electron chi connectivity index (χ3n) is 6.55. The average Bonchev–Trinajstić information content (AvgIpc) is 2.47. The van der Waals surface area contributed by atoms with Gasteiger partial charge in [0.2, 0.25) is 0 Å². The van der Waals surface area contributed by atoms with E-state index in [1.807, 2.05) is 0 Å². The molecule has 2 atom stereocenters. The molecular weight excluding hydrogens is 230 g/mol. The predicted octanol–water partition coefficient (Wildman–Crippen LogP) is 4.82. The molecule has 2 fully saturated rings. The fourth-order valence-electron chi connectivity index (χ4n) is 4.45. The molecule has 1 aliphatic heterocycles. The molecule has 2 unspecified atom stereocenters. The van der Waals surface area contributed by atoms with E-state index in [0.717, 1.165) is 17.8 Å². The molecule has 1 heteroatoms. The number of hydrogen-bond donors (Lipinski definition) is 0. The first-order chi connectivity index (χ1) is 8.44. The van der Waals surface area contributed by atoms with Gasteiger partial charge in [0.25, 0.3) is 0 Å². The Bertz CT molecular complexity index is 315. The minimum Gasteiger partial charge on any atom is -0.298 e. The van der Waals surface area contributed by atoms with Crippen LogP contribution in [0.25, 0.3) is 0 Å². The molecule has 0 radical (unpaired) electrons. The summed E-state index contributed by atoms with van der Waals surface area (Å²) in [6.07, 6.45) is 2.92. The second kappa shape index (κ2) is 4.48. The molecular formula is C18H35N. The number of rotatable bonds is 1. The molecule has 1 aliphatic carbocycles. The molecule has 19 heavy (non-hydrogen) atoms. The van der Waals surface area contributed by atoms with Crippen LogP contribution in [-0.4, -0.2) is 23.5 Å². The molecule has 0 aromatic rings. The first-order valence-corrected chi connectivity index (χ1v) is 8.19. The minimum atomic E-state index is 0.345. The van der Waals surface area contributed by atoms with Crippen LogP contribution in [0.5, 0.6) is 0 Å². The summed E-state index contributed by atoms with van der Waals surface area (Å²) in [5, 5.41) is 0. The highest BCUT2D eigenvalue weighted by molar-refractivity contribution is 5.03. The van der Waals surface area contributed by atoms with Crippen LogP contribution in [0.1, 0.15) is 68.2 Å². The average molecular weight is 265 g/mol. The van der Waals surface area contributed by atoms with Crippen LogP contribution in [-0.2, 0) is 0 Å². The van der Waals surface area contributed by atoms with Gasteiger partial charge < -0.3 is 0 Å². The highest BCUT2D eigenvalue weighted by Crippen LogP contribution is 2.57. The summed E-state index contributed by atoms with van der Waals surface area (Å²) in [5.41, 5.74) is 1.20. The summed E-state index contributed by atoms with van der Waals surface area (Å²) < 4.78 is 0. The second-order valence-corrected chi connectivity index (χ2v) is 9.67. The maximum Gasteiger partial charge on any atom is 0.0125 e. The van der Waals surface area contributed by atoms with Gasteiger partial charge in [0.1, 0.15) is 0 Å². The van der Waals surface area contributed by atoms with Crippen molar-refractivity contribution in [2.24, 2.45) is 28.6 Å². The van der Waals surface area contributed by atoms with Crippen molar-refractivity contribution in [2.45, 2.75) is 73.8 Å². The van der Waals surface area contributed by atoms with E-state index in [4.69, 9.17) is 0 Å². The van der Waals surface area contributed by atoms with Gasteiger partial charge in [-0.25, -0.2) is 0 Å². The van der Waals surface area contributed by atoms with Crippen LogP contribution in [0.4, 0.5) is 0 Å². The van der Waals surface area contributed by atoms with Crippen molar-refractivity contribution < 1.29 is 0 Å². The summed E-state index contributed by atoms with van der Waals surface area (Å²) in [7, 11) is 0. The number of likely N-dealkylation sites (tertiary alicyclic amines) is 1. The zero-order chi connectivity index (χ0) is 14.6. The third kappa shape index (κ3) is 2.60. The Balaban J connectivity index is 2.21. The fraction of sp³-hybridized carbons (Fsp3) is 1.00. The molecule has 2 bridgehead atoms. The lowest BCUT2D eigenvalue weighted by Crippen LogP contribution is -2.55. The minimum absolute atomic E-state index is 0.345. The Labute approximate surface area is 121 Å². The summed E-state index contributed by atoms with van der Waals surface area (Å²) in [4.78, 5) is 2.74. The molecule has 112 valence electrons. The predicted molar refractivity (Wildman–Crippen MR) is 84.3 cm³/mol. The number of piperidine rings is 1. The zero-order valence-corrected chi connectivity index (χ0v) is 14.5. The molecule has 1 heterocycles. The van der Waals surface area contributed by atoms with Gasteiger partial charge in [-0.15, -0.1) is 0 Å². The maximum atomic E-state index is 2.74. The van der Waals surface area contributed by atoms with Gasteiger partial charge >= 0.3 is 0 Å². The van der Waals surface area contributed by atoms with Gasteiger partial charge in [-0.3, -0.25) is 4.90 Å². The maximum absolute atomic E-state index is 2.74. The van der Waals surface area contributed by atoms with Crippen LogP contribution in [0.15, 0.2) is 0 Å². The van der Waals surface area contributed by atoms with E-state index in [0.29, 0.717) is 16.4 Å². The molecule has 1 saturated carbocycles. The van der Waals surface area contributed by atoms with Crippen molar-refractivity contribution in [3.05, 3.63) is 0 Å². The van der Waals surface area contributed by atoms with E-state index in [2.05, 4.69) is 60.3 Å². The van der Waals surface area contributed by atoms with Crippen LogP contribution >= 0.6 is 0 Å². The van der Waals surface area contributed by atoms with Crippen molar-refractivity contribution in [3.8, 4) is 0 Å². The largest absolute Gasteiger partial charge is 0.298 e. The smallest absolute Gasteiger partial charge is 0.0125 e. The van der Waals surface area contributed by atoms with Crippen LogP contribution in [0.3, 0.4) is 0 Å². The normalized spacial score (nSPS) is 33.8. The zero-order valence-electron chi connectivity index (χ0n) is 14.5. The van der Waals surface area contributed by atoms with Crippen molar-refractivity contribution >= 4 is 0 Å². The van der Waals surface area contributed by atoms with E-state index < -0.39 is 0 Å². The van der Waals surface area contributed by atoms with E-state index in [9.17, 15) is 0 Å². The molecule has 1 saturated heterocycles. The van der Waals surface area contributed by atoms with Gasteiger partial charge in [-0.1, -0.05) is 34.6 Å². The van der Waals surface area contributed by atoms with Crippen molar-refractivity contribution in [1.29, 1.82) is 0 Å². The lowest BCUT2D eigenvalue weighted by Gasteiger charge is -2.54. The topological polar surface area (TPSA) is 3.24 Å². The molecule has 0 amide bonds. The Hall–Kier alpha value is -0.0400. The van der Waals surface area contributed by atoms with Crippen molar-refractivity contribution in [2.75, 3.05) is 13.1 Å². The Kier molecular flexibility index (Phi) is 3.62. The third-order valence-corrected chi connectivity index (χ3v) is 6.55. The van der Waals surface area contributed by atoms with E-state index in [1.165, 1.54) is 25.9 Å². The van der Waals surface area contributed by atoms with E-state index >= 15 is 0 Å². The van der Waals surface area contributed by atoms with Gasteiger partial charge in [0.05, 0.1) is 0 Å². The summed E-state index contributed by atoms with van der Waals surface area (Å²) in [6, 6.07) is 0. The number of nitrogens with zero attached hydrogens (tertiary/aromatic N) is 1. The molecule has 0 aromatic carbocycles. The van der Waals surface area contributed by atoms with Gasteiger partial charge in [-0.2, -0.15) is 0 Å². The van der Waals surface area contributed by atoms with E-state index in [1.54, 1.807) is 0 Å². The monoisotopic (exact) mass is 265 g/mol. The van der Waals surface area contributed by atoms with Gasteiger partial charge in [0, 0.05) is 18.6 Å². The molecule has 2 rings (SSSR count). The summed E-state index contributed by atoms with van der Waals surface area (Å²) in [6.45, 7) is 22.1. The van der Waals surface area contributed by atoms with Crippen LogP contribution in [0, 0.1) is 28.6 Å². The fourth-order valence-corrected chi connectivity index (χ4v) is 4.45. The highest BCUT2D eigenvalue weighted by atomic mass is 15.2. The Morgan fingerprint density at radius 1 is 0.737 bits per heavy atom. The van der Waals surface area contributed by atoms with Crippen molar-refractivity contribution in [1.82, 2.24) is 4.90 Å². The Morgan fingerprint density at radius 3 is 1.47 bits per heavy atom. The first kappa shape index (κ1) is 15.4. The number of hydrogen-bond acceptors (Lipinski definition) is 1. The second-order valence-electron chi connectivity index (χ2n) is 9.67. The molecule has 2 aliphatic rings. The van der Waals surface area contributed by atoms with Gasteiger partial charge in [-0.05, 0) is 62.2 Å². The SMILES string of the molecule is CC(C)(C)N1CC2CCC(C1)C2C(C)(C)C(C)(C)C. The lowest BCUT2D eigenvalue weighted by atomic mass is 9.56. The highest BCUT2D eigenvalue weighted by Gasteiger charge is 2.53. The summed E-state index contributed by atoms with van der Waals surface area (Å²) in [5.74, 6) is 2.77. The summed E-state index contributed by atoms with van der Waals surface area (Å²) >= 11 is 0. The number of fused-ring (bicyclic) bond motifs is 2. The van der Waals surface area contributed by atoms with E-state index in [-0.39, 0.29) is 0 Å². The Morgan fingerprint density at radius 2 is 1.16 bits per heavy atom. The standard InChI is InChI=1S/C18H35N/c1-16(2,3)18(7,8)15-13-9-10-14(15)12-19(11-13)17(4,5)6/h13-15H,9-12H2,1-8H3. The van der Waals surface area contributed by atoms with Crippen molar-refractivity contribution in [3.63, 3.8) is 0 Å². The molecule has 0 spiro atoms. The van der Waals surface area contributed by atoms with Gasteiger partial charge in [0.15, 0.2) is 0 Å². The molecule has 0 aromatic heterocycles. The molecule has 1 nitrogen and oxygen atoms in total.